The summed E-state index contributed by atoms with van der Waals surface area (Å²) < 4.78 is 0. The summed E-state index contributed by atoms with van der Waals surface area (Å²) in [5, 5.41) is 12.0. The Labute approximate surface area is 126 Å². The third-order valence-electron chi connectivity index (χ3n) is 3.58. The molecule has 2 N–H and O–H groups in total. The van der Waals surface area contributed by atoms with Crippen LogP contribution in [-0.4, -0.2) is 17.0 Å². The number of carboxylic acid groups (broad SMARTS) is 1. The summed E-state index contributed by atoms with van der Waals surface area (Å²) in [6.07, 6.45) is 2.13. The molecule has 4 nitrogen and oxygen atoms in total. The molecule has 0 fully saturated rings. The Morgan fingerprint density at radius 2 is 1.81 bits per heavy atom. The molecule has 0 heterocycles. The summed E-state index contributed by atoms with van der Waals surface area (Å²) in [7, 11) is 0. The second-order valence-electron chi connectivity index (χ2n) is 5.91. The zero-order chi connectivity index (χ0) is 15.8. The second-order valence-corrected chi connectivity index (χ2v) is 5.91. The van der Waals surface area contributed by atoms with Gasteiger partial charge in [0.2, 0.25) is 5.91 Å². The van der Waals surface area contributed by atoms with Crippen molar-refractivity contribution >= 4 is 17.6 Å². The van der Waals surface area contributed by atoms with Gasteiger partial charge in [0.1, 0.15) is 0 Å². The molecular weight excluding hydrogens is 266 g/mol. The van der Waals surface area contributed by atoms with E-state index in [0.717, 1.165) is 17.7 Å². The van der Waals surface area contributed by atoms with Crippen LogP contribution in [-0.2, 0) is 9.59 Å². The van der Waals surface area contributed by atoms with Crippen molar-refractivity contribution in [2.45, 2.75) is 46.5 Å². The van der Waals surface area contributed by atoms with Crippen LogP contribution in [0.2, 0.25) is 0 Å². The van der Waals surface area contributed by atoms with Gasteiger partial charge in [0.15, 0.2) is 0 Å². The Morgan fingerprint density at radius 1 is 1.14 bits per heavy atom. The van der Waals surface area contributed by atoms with E-state index in [2.05, 4.69) is 19.2 Å². The molecule has 0 radical (unpaired) electrons. The highest BCUT2D eigenvalue weighted by molar-refractivity contribution is 5.91. The minimum Gasteiger partial charge on any atom is -0.481 e. The van der Waals surface area contributed by atoms with Gasteiger partial charge in [-0.3, -0.25) is 9.59 Å². The third-order valence-corrected chi connectivity index (χ3v) is 3.58. The lowest BCUT2D eigenvalue weighted by Crippen LogP contribution is -2.19. The lowest BCUT2D eigenvalue weighted by molar-refractivity contribution is -0.142. The van der Waals surface area contributed by atoms with Crippen LogP contribution in [0.15, 0.2) is 24.3 Å². The van der Waals surface area contributed by atoms with Gasteiger partial charge in [-0.2, -0.15) is 0 Å². The van der Waals surface area contributed by atoms with Gasteiger partial charge >= 0.3 is 5.97 Å². The maximum Gasteiger partial charge on any atom is 0.306 e. The predicted octanol–water partition coefficient (Wildman–Crippen LogP) is 3.85. The largest absolute Gasteiger partial charge is 0.481 e. The minimum atomic E-state index is -0.806. The fourth-order valence-electron chi connectivity index (χ4n) is 2.16. The fraction of sp³-hybridized carbons (Fsp3) is 0.529. The minimum absolute atomic E-state index is 0.125. The Hall–Kier alpha value is -1.84. The number of amides is 1. The van der Waals surface area contributed by atoms with Crippen LogP contribution in [0.4, 0.5) is 5.69 Å². The molecule has 0 aromatic heterocycles. The van der Waals surface area contributed by atoms with Crippen LogP contribution in [0.1, 0.15) is 45.1 Å². The van der Waals surface area contributed by atoms with Crippen LogP contribution >= 0.6 is 0 Å². The van der Waals surface area contributed by atoms with Gasteiger partial charge in [-0.25, -0.2) is 0 Å². The van der Waals surface area contributed by atoms with Gasteiger partial charge in [0.05, 0.1) is 5.92 Å². The molecule has 0 aliphatic rings. The summed E-state index contributed by atoms with van der Waals surface area (Å²) in [5.74, 6) is -0.887. The van der Waals surface area contributed by atoms with E-state index >= 15 is 0 Å². The molecule has 0 spiro atoms. The van der Waals surface area contributed by atoms with E-state index < -0.39 is 11.9 Å². The number of benzene rings is 1. The molecule has 21 heavy (non-hydrogen) atoms. The molecule has 0 saturated carbocycles. The summed E-state index contributed by atoms with van der Waals surface area (Å²) in [6.45, 7) is 6.08. The van der Waals surface area contributed by atoms with Crippen LogP contribution in [0.3, 0.4) is 0 Å². The molecular formula is C17H25NO3. The first-order valence-corrected chi connectivity index (χ1v) is 7.48. The van der Waals surface area contributed by atoms with E-state index in [1.807, 2.05) is 31.2 Å². The number of hydrogen-bond acceptors (Lipinski definition) is 2. The van der Waals surface area contributed by atoms with E-state index in [1.165, 1.54) is 0 Å². The van der Waals surface area contributed by atoms with Gasteiger partial charge in [-0.05, 0) is 37.3 Å². The Kier molecular flexibility index (Phi) is 6.92. The van der Waals surface area contributed by atoms with Crippen molar-refractivity contribution in [1.29, 1.82) is 0 Å². The highest BCUT2D eigenvalue weighted by Gasteiger charge is 2.19. The van der Waals surface area contributed by atoms with Gasteiger partial charge in [0.25, 0.3) is 0 Å². The van der Waals surface area contributed by atoms with Crippen molar-refractivity contribution in [3.05, 3.63) is 29.8 Å². The first-order chi connectivity index (χ1) is 9.90. The third kappa shape index (κ3) is 6.43. The summed E-state index contributed by atoms with van der Waals surface area (Å²) in [5.41, 5.74) is 1.79. The second kappa shape index (κ2) is 8.45. The van der Waals surface area contributed by atoms with Crippen LogP contribution in [0.5, 0.6) is 0 Å². The maximum absolute atomic E-state index is 11.9. The smallest absolute Gasteiger partial charge is 0.306 e. The average molecular weight is 291 g/mol. The molecule has 0 unspecified atom stereocenters. The molecule has 116 valence electrons. The normalized spacial score (nSPS) is 12.2. The highest BCUT2D eigenvalue weighted by Crippen LogP contribution is 2.19. The quantitative estimate of drug-likeness (QED) is 0.764. The fourth-order valence-corrected chi connectivity index (χ4v) is 2.16. The number of rotatable bonds is 8. The van der Waals surface area contributed by atoms with E-state index in [4.69, 9.17) is 0 Å². The molecule has 1 atom stereocenters. The van der Waals surface area contributed by atoms with Crippen molar-refractivity contribution in [3.8, 4) is 0 Å². The molecule has 0 bridgehead atoms. The number of aliphatic carboxylic acids is 1. The number of carbonyl (C=O) groups is 2. The molecule has 0 saturated heterocycles. The lowest BCUT2D eigenvalue weighted by Gasteiger charge is -2.14. The van der Waals surface area contributed by atoms with Crippen molar-refractivity contribution in [2.75, 3.05) is 5.32 Å². The Morgan fingerprint density at radius 3 is 2.38 bits per heavy atom. The molecule has 1 rings (SSSR count). The van der Waals surface area contributed by atoms with Crippen LogP contribution in [0, 0.1) is 18.8 Å². The number of hydrogen-bond donors (Lipinski definition) is 2. The Bertz CT molecular complexity index is 483. The number of aryl methyl sites for hydroxylation is 1. The summed E-state index contributed by atoms with van der Waals surface area (Å²) in [6, 6.07) is 7.56. The average Bonchev–Trinajstić information content (AvgIpc) is 2.40. The van der Waals surface area contributed by atoms with Crippen LogP contribution < -0.4 is 5.32 Å². The monoisotopic (exact) mass is 291 g/mol. The molecule has 0 aliphatic carbocycles. The summed E-state index contributed by atoms with van der Waals surface area (Å²) >= 11 is 0. The van der Waals surface area contributed by atoms with E-state index in [0.29, 0.717) is 18.8 Å². The predicted molar refractivity (Wildman–Crippen MR) is 84.2 cm³/mol. The van der Waals surface area contributed by atoms with Crippen molar-refractivity contribution < 1.29 is 14.7 Å². The maximum atomic E-state index is 11.9. The molecule has 4 heteroatoms. The van der Waals surface area contributed by atoms with Crippen molar-refractivity contribution in [3.63, 3.8) is 0 Å². The number of carbonyl (C=O) groups excluding carboxylic acids is 1. The first kappa shape index (κ1) is 17.2. The van der Waals surface area contributed by atoms with Crippen LogP contribution in [0.25, 0.3) is 0 Å². The highest BCUT2D eigenvalue weighted by atomic mass is 16.4. The first-order valence-electron chi connectivity index (χ1n) is 7.48. The SMILES string of the molecule is Cc1ccccc1NC(=O)CC[C@@H](CCC(C)C)C(=O)O. The molecule has 1 aromatic rings. The molecule has 1 aromatic carbocycles. The van der Waals surface area contributed by atoms with E-state index in [1.54, 1.807) is 0 Å². The zero-order valence-electron chi connectivity index (χ0n) is 13.1. The van der Waals surface area contributed by atoms with E-state index in [-0.39, 0.29) is 12.3 Å². The lowest BCUT2D eigenvalue weighted by atomic mass is 9.94. The van der Waals surface area contributed by atoms with Crippen molar-refractivity contribution in [1.82, 2.24) is 0 Å². The van der Waals surface area contributed by atoms with Crippen molar-refractivity contribution in [2.24, 2.45) is 11.8 Å². The van der Waals surface area contributed by atoms with E-state index in [9.17, 15) is 14.7 Å². The number of nitrogens with one attached hydrogen (secondary N) is 1. The topological polar surface area (TPSA) is 66.4 Å². The van der Waals surface area contributed by atoms with Gasteiger partial charge in [0, 0.05) is 12.1 Å². The number of carboxylic acids is 1. The van der Waals surface area contributed by atoms with Gasteiger partial charge in [-0.1, -0.05) is 38.5 Å². The number of para-hydroxylation sites is 1. The Balaban J connectivity index is 2.46. The molecule has 1 amide bonds. The summed E-state index contributed by atoms with van der Waals surface area (Å²) in [4.78, 5) is 23.1. The van der Waals surface area contributed by atoms with Gasteiger partial charge in [-0.15, -0.1) is 0 Å². The number of anilines is 1. The van der Waals surface area contributed by atoms with Gasteiger partial charge < -0.3 is 10.4 Å². The standard InChI is InChI=1S/C17H25NO3/c1-12(2)8-9-14(17(20)21)10-11-16(19)18-15-7-5-4-6-13(15)3/h4-7,12,14H,8-11H2,1-3H3,(H,18,19)(H,20,21)/t14-/m1/s1. The molecule has 0 aliphatic heterocycles. The zero-order valence-corrected chi connectivity index (χ0v) is 13.1.